The molecule has 3 rings (SSSR count). The zero-order chi connectivity index (χ0) is 22.6. The van der Waals surface area contributed by atoms with Crippen molar-refractivity contribution in [3.8, 4) is 5.75 Å². The van der Waals surface area contributed by atoms with Crippen molar-refractivity contribution in [2.45, 2.75) is 44.9 Å². The molecule has 0 aromatic heterocycles. The van der Waals surface area contributed by atoms with Gasteiger partial charge in [-0.05, 0) is 73.2 Å². The molecule has 1 N–H and O–H groups in total. The van der Waals surface area contributed by atoms with Crippen LogP contribution in [0.1, 0.15) is 39.2 Å². The number of hydrogen-bond acceptors (Lipinski definition) is 5. The first-order valence-corrected chi connectivity index (χ1v) is 13.6. The van der Waals surface area contributed by atoms with Gasteiger partial charge < -0.3 is 4.74 Å². The standard InChI is InChI=1S/C22H30N2O5S2/c1-4-14-30(25,26)24-13-5-6-18-15-19(7-12-22(18)24)23-31(27,28)21-10-8-20(9-11-21)29-16-17(2)3/h7-12,15,17,23H,4-6,13-14,16H2,1-3H3. The molecule has 9 heteroatoms. The quantitative estimate of drug-likeness (QED) is 0.603. The number of ether oxygens (including phenoxy) is 1. The molecule has 31 heavy (non-hydrogen) atoms. The largest absolute Gasteiger partial charge is 0.493 e. The van der Waals surface area contributed by atoms with Crippen molar-refractivity contribution in [3.63, 3.8) is 0 Å². The van der Waals surface area contributed by atoms with E-state index in [2.05, 4.69) is 4.72 Å². The summed E-state index contributed by atoms with van der Waals surface area (Å²) in [6.07, 6.45) is 1.95. The number of benzene rings is 2. The third-order valence-electron chi connectivity index (χ3n) is 4.92. The van der Waals surface area contributed by atoms with E-state index in [4.69, 9.17) is 4.74 Å². The number of sulfonamides is 2. The van der Waals surface area contributed by atoms with Gasteiger partial charge >= 0.3 is 0 Å². The van der Waals surface area contributed by atoms with E-state index < -0.39 is 20.0 Å². The van der Waals surface area contributed by atoms with Crippen LogP contribution in [0.5, 0.6) is 5.75 Å². The minimum absolute atomic E-state index is 0.0949. The predicted molar refractivity (Wildman–Crippen MR) is 124 cm³/mol. The number of nitrogens with one attached hydrogen (secondary N) is 1. The first-order chi connectivity index (χ1) is 14.6. The Morgan fingerprint density at radius 3 is 2.42 bits per heavy atom. The van der Waals surface area contributed by atoms with Gasteiger partial charge in [0.15, 0.2) is 0 Å². The Morgan fingerprint density at radius 1 is 1.06 bits per heavy atom. The fourth-order valence-electron chi connectivity index (χ4n) is 3.48. The molecule has 0 amide bonds. The van der Waals surface area contributed by atoms with Crippen molar-refractivity contribution in [3.05, 3.63) is 48.0 Å². The second kappa shape index (κ2) is 9.48. The molecule has 0 radical (unpaired) electrons. The zero-order valence-electron chi connectivity index (χ0n) is 18.2. The van der Waals surface area contributed by atoms with Gasteiger partial charge in [0.1, 0.15) is 5.75 Å². The third kappa shape index (κ3) is 5.71. The molecule has 0 bridgehead atoms. The van der Waals surface area contributed by atoms with Gasteiger partial charge in [-0.3, -0.25) is 9.03 Å². The molecule has 0 unspecified atom stereocenters. The van der Waals surface area contributed by atoms with Gasteiger partial charge in [0.25, 0.3) is 10.0 Å². The van der Waals surface area contributed by atoms with Crippen LogP contribution >= 0.6 is 0 Å². The van der Waals surface area contributed by atoms with Crippen molar-refractivity contribution in [2.75, 3.05) is 27.9 Å². The highest BCUT2D eigenvalue weighted by atomic mass is 32.2. The molecule has 0 fully saturated rings. The van der Waals surface area contributed by atoms with Gasteiger partial charge in [0.2, 0.25) is 10.0 Å². The number of fused-ring (bicyclic) bond motifs is 1. The highest BCUT2D eigenvalue weighted by Crippen LogP contribution is 2.32. The molecule has 0 spiro atoms. The molecule has 0 saturated heterocycles. The Hall–Kier alpha value is -2.26. The first kappa shape index (κ1) is 23.4. The van der Waals surface area contributed by atoms with Gasteiger partial charge in [0, 0.05) is 12.2 Å². The van der Waals surface area contributed by atoms with Crippen LogP contribution in [0.3, 0.4) is 0 Å². The summed E-state index contributed by atoms with van der Waals surface area (Å²) < 4.78 is 60.4. The van der Waals surface area contributed by atoms with Crippen LogP contribution < -0.4 is 13.8 Å². The van der Waals surface area contributed by atoms with Gasteiger partial charge in [0.05, 0.1) is 22.9 Å². The lowest BCUT2D eigenvalue weighted by Crippen LogP contribution is -2.37. The van der Waals surface area contributed by atoms with Gasteiger partial charge in [-0.15, -0.1) is 0 Å². The molecule has 0 aliphatic carbocycles. The Morgan fingerprint density at radius 2 is 1.77 bits per heavy atom. The maximum absolute atomic E-state index is 12.8. The van der Waals surface area contributed by atoms with Gasteiger partial charge in [-0.25, -0.2) is 16.8 Å². The molecular formula is C22H30N2O5S2. The summed E-state index contributed by atoms with van der Waals surface area (Å²) in [5.74, 6) is 1.09. The molecular weight excluding hydrogens is 436 g/mol. The van der Waals surface area contributed by atoms with E-state index in [-0.39, 0.29) is 10.6 Å². The number of rotatable bonds is 9. The fraction of sp³-hybridized carbons (Fsp3) is 0.455. The molecule has 1 aliphatic heterocycles. The van der Waals surface area contributed by atoms with Crippen molar-refractivity contribution in [1.29, 1.82) is 0 Å². The van der Waals surface area contributed by atoms with E-state index >= 15 is 0 Å². The minimum atomic E-state index is -3.78. The Labute approximate surface area is 185 Å². The monoisotopic (exact) mass is 466 g/mol. The highest BCUT2D eigenvalue weighted by Gasteiger charge is 2.27. The highest BCUT2D eigenvalue weighted by molar-refractivity contribution is 7.93. The summed E-state index contributed by atoms with van der Waals surface area (Å²) in [5.41, 5.74) is 1.87. The van der Waals surface area contributed by atoms with Crippen molar-refractivity contribution < 1.29 is 21.6 Å². The smallest absolute Gasteiger partial charge is 0.261 e. The number of anilines is 2. The average molecular weight is 467 g/mol. The van der Waals surface area contributed by atoms with Crippen LogP contribution in [-0.4, -0.2) is 35.7 Å². The molecule has 170 valence electrons. The lowest BCUT2D eigenvalue weighted by Gasteiger charge is -2.30. The lowest BCUT2D eigenvalue weighted by molar-refractivity contribution is 0.271. The predicted octanol–water partition coefficient (Wildman–Crippen LogP) is 4.01. The summed E-state index contributed by atoms with van der Waals surface area (Å²) >= 11 is 0. The zero-order valence-corrected chi connectivity index (χ0v) is 19.8. The maximum Gasteiger partial charge on any atom is 0.261 e. The maximum atomic E-state index is 12.8. The summed E-state index contributed by atoms with van der Waals surface area (Å²) in [6.45, 7) is 6.93. The third-order valence-corrected chi connectivity index (χ3v) is 8.30. The summed E-state index contributed by atoms with van der Waals surface area (Å²) in [4.78, 5) is 0.134. The summed E-state index contributed by atoms with van der Waals surface area (Å²) in [7, 11) is -7.15. The molecule has 7 nitrogen and oxygen atoms in total. The topological polar surface area (TPSA) is 92.8 Å². The van der Waals surface area contributed by atoms with Gasteiger partial charge in [-0.1, -0.05) is 20.8 Å². The van der Waals surface area contributed by atoms with Crippen LogP contribution in [0.25, 0.3) is 0 Å². The van der Waals surface area contributed by atoms with Crippen molar-refractivity contribution in [2.24, 2.45) is 5.92 Å². The second-order valence-electron chi connectivity index (χ2n) is 8.12. The average Bonchev–Trinajstić information content (AvgIpc) is 2.71. The molecule has 0 atom stereocenters. The summed E-state index contributed by atoms with van der Waals surface area (Å²) in [5, 5.41) is 0. The Kier molecular flexibility index (Phi) is 7.16. The van der Waals surface area contributed by atoms with Crippen LogP contribution in [0.15, 0.2) is 47.4 Å². The van der Waals surface area contributed by atoms with Crippen LogP contribution in [0.2, 0.25) is 0 Å². The molecule has 0 saturated carbocycles. The van der Waals surface area contributed by atoms with E-state index in [9.17, 15) is 16.8 Å². The first-order valence-electron chi connectivity index (χ1n) is 10.5. The van der Waals surface area contributed by atoms with Gasteiger partial charge in [-0.2, -0.15) is 0 Å². The SMILES string of the molecule is CCCS(=O)(=O)N1CCCc2cc(NS(=O)(=O)c3ccc(OCC(C)C)cc3)ccc21. The van der Waals surface area contributed by atoms with E-state index in [0.717, 1.165) is 5.56 Å². The van der Waals surface area contributed by atoms with E-state index in [1.165, 1.54) is 16.4 Å². The number of hydrogen-bond donors (Lipinski definition) is 1. The molecule has 1 heterocycles. The second-order valence-corrected chi connectivity index (χ2v) is 11.8. The Balaban J connectivity index is 1.78. The molecule has 2 aromatic carbocycles. The van der Waals surface area contributed by atoms with Crippen molar-refractivity contribution in [1.82, 2.24) is 0 Å². The number of aryl methyl sites for hydroxylation is 1. The fourth-order valence-corrected chi connectivity index (χ4v) is 6.15. The van der Waals surface area contributed by atoms with E-state index in [1.807, 2.05) is 20.8 Å². The summed E-state index contributed by atoms with van der Waals surface area (Å²) in [6, 6.07) is 11.3. The minimum Gasteiger partial charge on any atom is -0.493 e. The van der Waals surface area contributed by atoms with E-state index in [1.54, 1.807) is 30.3 Å². The van der Waals surface area contributed by atoms with Crippen molar-refractivity contribution >= 4 is 31.4 Å². The number of nitrogens with zero attached hydrogens (tertiary/aromatic N) is 1. The van der Waals surface area contributed by atoms with Crippen LogP contribution in [-0.2, 0) is 26.5 Å². The molecule has 2 aromatic rings. The lowest BCUT2D eigenvalue weighted by atomic mass is 10.0. The Bertz CT molecular complexity index is 1110. The molecule has 1 aliphatic rings. The normalized spacial score (nSPS) is 14.4. The van der Waals surface area contributed by atoms with Crippen LogP contribution in [0, 0.1) is 5.92 Å². The van der Waals surface area contributed by atoms with E-state index in [0.29, 0.717) is 55.5 Å². The van der Waals surface area contributed by atoms with Crippen LogP contribution in [0.4, 0.5) is 11.4 Å².